The molecule has 0 aliphatic carbocycles. The van der Waals surface area contributed by atoms with E-state index < -0.39 is 0 Å². The Labute approximate surface area is 92.8 Å². The molecule has 1 unspecified atom stereocenters. The van der Waals surface area contributed by atoms with Gasteiger partial charge in [-0.3, -0.25) is 0 Å². The first-order chi connectivity index (χ1) is 7.04. The van der Waals surface area contributed by atoms with E-state index in [1.807, 2.05) is 26.0 Å². The molecule has 1 rings (SSSR count). The van der Waals surface area contributed by atoms with Crippen LogP contribution < -0.4 is 4.74 Å². The van der Waals surface area contributed by atoms with Crippen LogP contribution in [0.1, 0.15) is 37.8 Å². The molecular formula is C14H20O. The maximum atomic E-state index is 5.69. The number of aryl methyl sites for hydroxylation is 1. The lowest BCUT2D eigenvalue weighted by atomic mass is 9.99. The number of ether oxygens (including phenoxy) is 1. The SMILES string of the molecule is C=CC(C)c1ccc(OC(C)C)c(C)c1. The summed E-state index contributed by atoms with van der Waals surface area (Å²) in [7, 11) is 0. The molecule has 0 saturated carbocycles. The van der Waals surface area contributed by atoms with Crippen LogP contribution in [-0.2, 0) is 0 Å². The minimum Gasteiger partial charge on any atom is -0.491 e. The van der Waals surface area contributed by atoms with E-state index in [-0.39, 0.29) is 6.10 Å². The fourth-order valence-corrected chi connectivity index (χ4v) is 1.48. The van der Waals surface area contributed by atoms with E-state index in [0.717, 1.165) is 5.75 Å². The van der Waals surface area contributed by atoms with Crippen LogP contribution in [0.15, 0.2) is 30.9 Å². The van der Waals surface area contributed by atoms with Gasteiger partial charge >= 0.3 is 0 Å². The summed E-state index contributed by atoms with van der Waals surface area (Å²) in [5, 5.41) is 0. The van der Waals surface area contributed by atoms with E-state index in [1.165, 1.54) is 11.1 Å². The highest BCUT2D eigenvalue weighted by molar-refractivity contribution is 5.38. The molecule has 1 nitrogen and oxygen atoms in total. The lowest BCUT2D eigenvalue weighted by Gasteiger charge is -2.14. The minimum atomic E-state index is 0.228. The second-order valence-electron chi connectivity index (χ2n) is 4.22. The summed E-state index contributed by atoms with van der Waals surface area (Å²) >= 11 is 0. The van der Waals surface area contributed by atoms with Crippen molar-refractivity contribution in [3.05, 3.63) is 42.0 Å². The van der Waals surface area contributed by atoms with Gasteiger partial charge in [0.25, 0.3) is 0 Å². The molecule has 1 heteroatoms. The van der Waals surface area contributed by atoms with Gasteiger partial charge in [0, 0.05) is 0 Å². The molecule has 0 fully saturated rings. The maximum absolute atomic E-state index is 5.69. The van der Waals surface area contributed by atoms with E-state index in [2.05, 4.69) is 32.6 Å². The standard InChI is InChI=1S/C14H20O/c1-6-11(4)13-7-8-14(12(5)9-13)15-10(2)3/h6-11H,1H2,2-5H3. The third-order valence-electron chi connectivity index (χ3n) is 2.44. The molecule has 1 atom stereocenters. The Hall–Kier alpha value is -1.24. The molecule has 0 aromatic heterocycles. The van der Waals surface area contributed by atoms with E-state index in [9.17, 15) is 0 Å². The normalized spacial score (nSPS) is 12.6. The predicted molar refractivity (Wildman–Crippen MR) is 65.6 cm³/mol. The van der Waals surface area contributed by atoms with Crippen molar-refractivity contribution in [3.63, 3.8) is 0 Å². The summed E-state index contributed by atoms with van der Waals surface area (Å²) in [5.41, 5.74) is 2.48. The number of allylic oxidation sites excluding steroid dienone is 1. The molecule has 1 aromatic rings. The van der Waals surface area contributed by atoms with Crippen molar-refractivity contribution in [1.29, 1.82) is 0 Å². The van der Waals surface area contributed by atoms with Crippen LogP contribution in [0, 0.1) is 6.92 Å². The molecule has 15 heavy (non-hydrogen) atoms. The summed E-state index contributed by atoms with van der Waals surface area (Å²) in [5.74, 6) is 1.38. The van der Waals surface area contributed by atoms with Crippen molar-refractivity contribution in [3.8, 4) is 5.75 Å². The Morgan fingerprint density at radius 2 is 1.93 bits per heavy atom. The Bertz CT molecular complexity index is 339. The molecule has 82 valence electrons. The van der Waals surface area contributed by atoms with E-state index in [0.29, 0.717) is 5.92 Å². The molecule has 0 N–H and O–H groups in total. The fraction of sp³-hybridized carbons (Fsp3) is 0.429. The van der Waals surface area contributed by atoms with E-state index in [1.54, 1.807) is 0 Å². The Balaban J connectivity index is 2.92. The van der Waals surface area contributed by atoms with Gasteiger partial charge in [-0.25, -0.2) is 0 Å². The van der Waals surface area contributed by atoms with Crippen LogP contribution in [0.5, 0.6) is 5.75 Å². The van der Waals surface area contributed by atoms with Gasteiger partial charge in [-0.05, 0) is 43.9 Å². The fourth-order valence-electron chi connectivity index (χ4n) is 1.48. The summed E-state index contributed by atoms with van der Waals surface area (Å²) in [4.78, 5) is 0. The smallest absolute Gasteiger partial charge is 0.122 e. The summed E-state index contributed by atoms with van der Waals surface area (Å²) in [6.45, 7) is 12.1. The zero-order chi connectivity index (χ0) is 11.4. The van der Waals surface area contributed by atoms with Crippen molar-refractivity contribution >= 4 is 0 Å². The molecule has 0 aliphatic heterocycles. The van der Waals surface area contributed by atoms with Crippen LogP contribution in [0.25, 0.3) is 0 Å². The highest BCUT2D eigenvalue weighted by Crippen LogP contribution is 2.24. The molecule has 0 saturated heterocycles. The Morgan fingerprint density at radius 3 is 2.40 bits per heavy atom. The van der Waals surface area contributed by atoms with Crippen LogP contribution in [0.4, 0.5) is 0 Å². The van der Waals surface area contributed by atoms with Crippen molar-refractivity contribution < 1.29 is 4.74 Å². The van der Waals surface area contributed by atoms with Crippen molar-refractivity contribution in [2.45, 2.75) is 39.7 Å². The van der Waals surface area contributed by atoms with Gasteiger partial charge < -0.3 is 4.74 Å². The largest absolute Gasteiger partial charge is 0.491 e. The summed E-state index contributed by atoms with van der Waals surface area (Å²) in [6.07, 6.45) is 2.18. The number of hydrogen-bond acceptors (Lipinski definition) is 1. The van der Waals surface area contributed by atoms with Crippen LogP contribution in [-0.4, -0.2) is 6.10 Å². The average molecular weight is 204 g/mol. The summed E-state index contributed by atoms with van der Waals surface area (Å²) in [6, 6.07) is 6.33. The average Bonchev–Trinajstić information content (AvgIpc) is 2.19. The van der Waals surface area contributed by atoms with Crippen LogP contribution in [0.2, 0.25) is 0 Å². The van der Waals surface area contributed by atoms with Gasteiger partial charge in [0.2, 0.25) is 0 Å². The number of benzene rings is 1. The van der Waals surface area contributed by atoms with Crippen molar-refractivity contribution in [1.82, 2.24) is 0 Å². The van der Waals surface area contributed by atoms with Crippen molar-refractivity contribution in [2.24, 2.45) is 0 Å². The van der Waals surface area contributed by atoms with Gasteiger partial charge in [-0.1, -0.05) is 25.1 Å². The number of rotatable bonds is 4. The summed E-state index contributed by atoms with van der Waals surface area (Å²) < 4.78 is 5.69. The predicted octanol–water partition coefficient (Wildman–Crippen LogP) is 4.07. The first-order valence-corrected chi connectivity index (χ1v) is 5.44. The zero-order valence-corrected chi connectivity index (χ0v) is 10.1. The molecule has 0 aliphatic rings. The Kier molecular flexibility index (Phi) is 3.96. The molecule has 0 bridgehead atoms. The lowest BCUT2D eigenvalue weighted by Crippen LogP contribution is -2.06. The first kappa shape index (κ1) is 11.8. The quantitative estimate of drug-likeness (QED) is 0.672. The molecule has 0 amide bonds. The van der Waals surface area contributed by atoms with Crippen LogP contribution in [0.3, 0.4) is 0 Å². The second kappa shape index (κ2) is 5.01. The lowest BCUT2D eigenvalue weighted by molar-refractivity contribution is 0.240. The van der Waals surface area contributed by atoms with Gasteiger partial charge in [-0.15, -0.1) is 6.58 Å². The Morgan fingerprint density at radius 1 is 1.27 bits per heavy atom. The van der Waals surface area contributed by atoms with Gasteiger partial charge in [0.15, 0.2) is 0 Å². The molecular weight excluding hydrogens is 184 g/mol. The third-order valence-corrected chi connectivity index (χ3v) is 2.44. The highest BCUT2D eigenvalue weighted by Gasteiger charge is 2.06. The molecule has 0 spiro atoms. The van der Waals surface area contributed by atoms with Gasteiger partial charge in [-0.2, -0.15) is 0 Å². The topological polar surface area (TPSA) is 9.23 Å². The highest BCUT2D eigenvalue weighted by atomic mass is 16.5. The van der Waals surface area contributed by atoms with E-state index in [4.69, 9.17) is 4.74 Å². The van der Waals surface area contributed by atoms with Crippen LogP contribution >= 0.6 is 0 Å². The van der Waals surface area contributed by atoms with Gasteiger partial charge in [0.05, 0.1) is 6.10 Å². The minimum absolute atomic E-state index is 0.228. The van der Waals surface area contributed by atoms with E-state index >= 15 is 0 Å². The van der Waals surface area contributed by atoms with Crippen molar-refractivity contribution in [2.75, 3.05) is 0 Å². The van der Waals surface area contributed by atoms with Gasteiger partial charge in [0.1, 0.15) is 5.75 Å². The second-order valence-corrected chi connectivity index (χ2v) is 4.22. The molecule has 0 heterocycles. The number of hydrogen-bond donors (Lipinski definition) is 0. The monoisotopic (exact) mass is 204 g/mol. The molecule has 0 radical (unpaired) electrons. The third kappa shape index (κ3) is 3.12. The maximum Gasteiger partial charge on any atom is 0.122 e. The molecule has 1 aromatic carbocycles. The first-order valence-electron chi connectivity index (χ1n) is 5.44. The zero-order valence-electron chi connectivity index (χ0n) is 10.1.